The van der Waals surface area contributed by atoms with Gasteiger partial charge in [-0.25, -0.2) is 4.39 Å². The van der Waals surface area contributed by atoms with E-state index in [0.717, 1.165) is 0 Å². The molecule has 0 aliphatic heterocycles. The van der Waals surface area contributed by atoms with Crippen LogP contribution in [-0.2, 0) is 0 Å². The number of nitrogens with one attached hydrogen (secondary N) is 1. The van der Waals surface area contributed by atoms with E-state index in [4.69, 9.17) is 5.73 Å². The van der Waals surface area contributed by atoms with E-state index in [1.165, 1.54) is 6.07 Å². The number of hydrogen-bond donors (Lipinski definition) is 2. The first-order valence-corrected chi connectivity index (χ1v) is 5.72. The highest BCUT2D eigenvalue weighted by atomic mass is 19.1. The van der Waals surface area contributed by atoms with Gasteiger partial charge in [-0.15, -0.1) is 0 Å². The largest absolute Gasteiger partial charge is 0.350 e. The lowest BCUT2D eigenvalue weighted by molar-refractivity contribution is 0.0937. The van der Waals surface area contributed by atoms with Crippen LogP contribution in [0.2, 0.25) is 0 Å². The van der Waals surface area contributed by atoms with E-state index in [0.29, 0.717) is 17.5 Å². The molecule has 4 heteroatoms. The summed E-state index contributed by atoms with van der Waals surface area (Å²) < 4.78 is 13.3. The predicted octanol–water partition coefficient (Wildman–Crippen LogP) is 1.99. The van der Waals surface area contributed by atoms with Crippen molar-refractivity contribution in [2.75, 3.05) is 0 Å². The lowest BCUT2D eigenvalue weighted by Crippen LogP contribution is -2.36. The zero-order valence-electron chi connectivity index (χ0n) is 10.5. The number of carbonyl (C=O) groups excluding carboxylic acids is 1. The first-order valence-electron chi connectivity index (χ1n) is 5.72. The number of amides is 1. The molecule has 3 nitrogen and oxygen atoms in total. The summed E-state index contributed by atoms with van der Waals surface area (Å²) in [5.41, 5.74) is 6.51. The fourth-order valence-corrected chi connectivity index (χ4v) is 1.66. The van der Waals surface area contributed by atoms with E-state index in [1.807, 2.05) is 13.8 Å². The second-order valence-corrected chi connectivity index (χ2v) is 4.55. The Kier molecular flexibility index (Phi) is 4.63. The predicted molar refractivity (Wildman–Crippen MR) is 66.3 cm³/mol. The molecule has 1 rings (SSSR count). The molecule has 2 atom stereocenters. The summed E-state index contributed by atoms with van der Waals surface area (Å²) in [4.78, 5) is 11.8. The van der Waals surface area contributed by atoms with E-state index >= 15 is 0 Å². The highest BCUT2D eigenvalue weighted by Crippen LogP contribution is 2.09. The highest BCUT2D eigenvalue weighted by Gasteiger charge is 2.12. The second-order valence-electron chi connectivity index (χ2n) is 4.55. The maximum atomic E-state index is 13.3. The van der Waals surface area contributed by atoms with Crippen molar-refractivity contribution in [1.82, 2.24) is 5.32 Å². The lowest BCUT2D eigenvalue weighted by atomic mass is 10.1. The molecule has 1 aromatic carbocycles. The molecular weight excluding hydrogens is 219 g/mol. The second kappa shape index (κ2) is 5.77. The van der Waals surface area contributed by atoms with Gasteiger partial charge in [-0.05, 0) is 44.9 Å². The molecule has 0 aliphatic carbocycles. The van der Waals surface area contributed by atoms with Crippen LogP contribution in [0.1, 0.15) is 36.2 Å². The fraction of sp³-hybridized carbons (Fsp3) is 0.462. The smallest absolute Gasteiger partial charge is 0.251 e. The molecule has 3 N–H and O–H groups in total. The summed E-state index contributed by atoms with van der Waals surface area (Å²) in [7, 11) is 0. The van der Waals surface area contributed by atoms with Crippen molar-refractivity contribution in [2.45, 2.75) is 39.3 Å². The van der Waals surface area contributed by atoms with Gasteiger partial charge in [-0.3, -0.25) is 4.79 Å². The van der Waals surface area contributed by atoms with Gasteiger partial charge in [-0.1, -0.05) is 6.07 Å². The minimum Gasteiger partial charge on any atom is -0.350 e. The Morgan fingerprint density at radius 2 is 2.12 bits per heavy atom. The van der Waals surface area contributed by atoms with Crippen LogP contribution in [0.3, 0.4) is 0 Å². The average Bonchev–Trinajstić information content (AvgIpc) is 2.20. The van der Waals surface area contributed by atoms with Gasteiger partial charge in [0.05, 0.1) is 0 Å². The Bertz CT molecular complexity index is 404. The third kappa shape index (κ3) is 4.15. The van der Waals surface area contributed by atoms with Crippen LogP contribution in [0.15, 0.2) is 18.2 Å². The van der Waals surface area contributed by atoms with Crippen LogP contribution < -0.4 is 11.1 Å². The maximum Gasteiger partial charge on any atom is 0.251 e. The molecule has 17 heavy (non-hydrogen) atoms. The van der Waals surface area contributed by atoms with Crippen LogP contribution >= 0.6 is 0 Å². The van der Waals surface area contributed by atoms with E-state index in [9.17, 15) is 9.18 Å². The first-order chi connectivity index (χ1) is 7.90. The first kappa shape index (κ1) is 13.6. The summed E-state index contributed by atoms with van der Waals surface area (Å²) in [6.45, 7) is 5.43. The Morgan fingerprint density at radius 3 is 2.65 bits per heavy atom. The monoisotopic (exact) mass is 238 g/mol. The van der Waals surface area contributed by atoms with E-state index < -0.39 is 0 Å². The van der Waals surface area contributed by atoms with Gasteiger partial charge in [0.2, 0.25) is 0 Å². The molecule has 0 saturated carbocycles. The third-order valence-corrected chi connectivity index (χ3v) is 2.54. The van der Waals surface area contributed by atoms with Crippen LogP contribution in [-0.4, -0.2) is 18.0 Å². The van der Waals surface area contributed by atoms with Crippen LogP contribution in [0.25, 0.3) is 0 Å². The SMILES string of the molecule is Cc1ccc(C(=O)NC(C)CC(C)N)cc1F. The molecular formula is C13H19FN2O. The van der Waals surface area contributed by atoms with E-state index in [-0.39, 0.29) is 23.8 Å². The molecule has 0 saturated heterocycles. The van der Waals surface area contributed by atoms with Gasteiger partial charge < -0.3 is 11.1 Å². The van der Waals surface area contributed by atoms with Gasteiger partial charge >= 0.3 is 0 Å². The van der Waals surface area contributed by atoms with Crippen molar-refractivity contribution in [2.24, 2.45) is 5.73 Å². The Morgan fingerprint density at radius 1 is 1.47 bits per heavy atom. The average molecular weight is 238 g/mol. The molecule has 0 aromatic heterocycles. The molecule has 0 heterocycles. The molecule has 1 amide bonds. The normalized spacial score (nSPS) is 14.2. The summed E-state index contributed by atoms with van der Waals surface area (Å²) in [5, 5.41) is 2.79. The number of nitrogens with two attached hydrogens (primary N) is 1. The minimum atomic E-state index is -0.363. The lowest BCUT2D eigenvalue weighted by Gasteiger charge is -2.16. The highest BCUT2D eigenvalue weighted by molar-refractivity contribution is 5.94. The number of carbonyl (C=O) groups is 1. The Labute approximate surface area is 101 Å². The van der Waals surface area contributed by atoms with Crippen molar-refractivity contribution >= 4 is 5.91 Å². The molecule has 0 aliphatic rings. The summed E-state index contributed by atoms with van der Waals surface area (Å²) >= 11 is 0. The quantitative estimate of drug-likeness (QED) is 0.842. The van der Waals surface area contributed by atoms with Gasteiger partial charge in [0.25, 0.3) is 5.91 Å². The molecule has 1 aromatic rings. The molecule has 0 bridgehead atoms. The summed E-state index contributed by atoms with van der Waals surface area (Å²) in [6, 6.07) is 4.47. The van der Waals surface area contributed by atoms with E-state index in [2.05, 4.69) is 5.32 Å². The number of benzene rings is 1. The summed E-state index contributed by atoms with van der Waals surface area (Å²) in [5.74, 6) is -0.630. The van der Waals surface area contributed by atoms with Crippen molar-refractivity contribution in [3.05, 3.63) is 35.1 Å². The number of halogens is 1. The Hall–Kier alpha value is -1.42. The van der Waals surface area contributed by atoms with Crippen molar-refractivity contribution in [1.29, 1.82) is 0 Å². The topological polar surface area (TPSA) is 55.1 Å². The van der Waals surface area contributed by atoms with Crippen LogP contribution in [0.5, 0.6) is 0 Å². The molecule has 94 valence electrons. The van der Waals surface area contributed by atoms with Crippen molar-refractivity contribution in [3.8, 4) is 0 Å². The zero-order valence-corrected chi connectivity index (χ0v) is 10.5. The zero-order chi connectivity index (χ0) is 13.0. The maximum absolute atomic E-state index is 13.3. The van der Waals surface area contributed by atoms with Crippen molar-refractivity contribution < 1.29 is 9.18 Å². The van der Waals surface area contributed by atoms with Gasteiger partial charge in [-0.2, -0.15) is 0 Å². The van der Waals surface area contributed by atoms with Crippen molar-refractivity contribution in [3.63, 3.8) is 0 Å². The molecule has 0 spiro atoms. The fourth-order valence-electron chi connectivity index (χ4n) is 1.66. The van der Waals surface area contributed by atoms with E-state index in [1.54, 1.807) is 19.1 Å². The van der Waals surface area contributed by atoms with Crippen LogP contribution in [0.4, 0.5) is 4.39 Å². The summed E-state index contributed by atoms with van der Waals surface area (Å²) in [6.07, 6.45) is 0.695. The minimum absolute atomic E-state index is 0.0214. The number of aryl methyl sites for hydroxylation is 1. The third-order valence-electron chi connectivity index (χ3n) is 2.54. The molecule has 0 radical (unpaired) electrons. The molecule has 0 fully saturated rings. The van der Waals surface area contributed by atoms with Gasteiger partial charge in [0, 0.05) is 17.6 Å². The Balaban J connectivity index is 2.66. The van der Waals surface area contributed by atoms with Gasteiger partial charge in [0.15, 0.2) is 0 Å². The molecule has 2 unspecified atom stereocenters. The van der Waals surface area contributed by atoms with Gasteiger partial charge in [0.1, 0.15) is 5.82 Å². The number of rotatable bonds is 4. The number of hydrogen-bond acceptors (Lipinski definition) is 2. The standard InChI is InChI=1S/C13H19FN2O/c1-8-4-5-11(7-12(8)14)13(17)16-10(3)6-9(2)15/h4-5,7,9-10H,6,15H2,1-3H3,(H,16,17). The van der Waals surface area contributed by atoms with Crippen LogP contribution in [0, 0.1) is 12.7 Å².